The Morgan fingerprint density at radius 2 is 1.54 bits per heavy atom. The molecule has 0 aliphatic rings. The number of hydrogen-bond acceptors (Lipinski definition) is 1. The van der Waals surface area contributed by atoms with E-state index in [4.69, 9.17) is 0 Å². The van der Waals surface area contributed by atoms with Gasteiger partial charge in [-0.1, -0.05) is 27.2 Å². The van der Waals surface area contributed by atoms with Crippen LogP contribution in [-0.4, -0.2) is 5.75 Å². The van der Waals surface area contributed by atoms with E-state index < -0.39 is 0 Å². The van der Waals surface area contributed by atoms with Crippen LogP contribution in [-0.2, 0) is 0 Å². The molecule has 0 aromatic heterocycles. The van der Waals surface area contributed by atoms with Gasteiger partial charge < -0.3 is 0 Å². The summed E-state index contributed by atoms with van der Waals surface area (Å²) < 4.78 is 12.3. The highest BCUT2D eigenvalue weighted by molar-refractivity contribution is 7.99. The topological polar surface area (TPSA) is 0 Å². The molecule has 0 atom stereocenters. The molecule has 0 N–H and O–H groups in total. The first kappa shape index (κ1) is 12.5. The zero-order chi connectivity index (χ0) is 10.1. The van der Waals surface area contributed by atoms with E-state index in [0.717, 1.165) is 10.6 Å². The van der Waals surface area contributed by atoms with E-state index in [0.29, 0.717) is 0 Å². The van der Waals surface area contributed by atoms with Crippen molar-refractivity contribution in [3.8, 4) is 0 Å². The maximum atomic E-state index is 12.3. The Hall–Kier alpha value is -0.500. The van der Waals surface area contributed by atoms with Crippen LogP contribution in [0, 0.1) is 5.82 Å². The molecule has 0 bridgehead atoms. The van der Waals surface area contributed by atoms with Crippen LogP contribution in [0.1, 0.15) is 27.2 Å². The third-order valence-corrected chi connectivity index (χ3v) is 2.02. The van der Waals surface area contributed by atoms with E-state index in [1.165, 1.54) is 18.6 Å². The van der Waals surface area contributed by atoms with Crippen LogP contribution >= 0.6 is 11.8 Å². The van der Waals surface area contributed by atoms with Gasteiger partial charge in [0.15, 0.2) is 0 Å². The van der Waals surface area contributed by atoms with Crippen LogP contribution in [0.3, 0.4) is 0 Å². The minimum Gasteiger partial charge on any atom is -0.207 e. The van der Waals surface area contributed by atoms with Crippen molar-refractivity contribution < 1.29 is 4.39 Å². The van der Waals surface area contributed by atoms with E-state index in [2.05, 4.69) is 20.8 Å². The van der Waals surface area contributed by atoms with Crippen LogP contribution in [0.2, 0.25) is 0 Å². The van der Waals surface area contributed by atoms with Gasteiger partial charge in [-0.25, -0.2) is 4.39 Å². The maximum Gasteiger partial charge on any atom is 0.123 e. The monoisotopic (exact) mass is 200 g/mol. The first-order chi connectivity index (χ1) is 6.24. The van der Waals surface area contributed by atoms with Crippen molar-refractivity contribution in [3.63, 3.8) is 0 Å². The molecule has 0 radical (unpaired) electrons. The molecule has 13 heavy (non-hydrogen) atoms. The Morgan fingerprint density at radius 1 is 1.08 bits per heavy atom. The summed E-state index contributed by atoms with van der Waals surface area (Å²) in [7, 11) is 0. The van der Waals surface area contributed by atoms with Gasteiger partial charge in [0.25, 0.3) is 0 Å². The highest BCUT2D eigenvalue weighted by Gasteiger charge is 1.90. The fourth-order valence-corrected chi connectivity index (χ4v) is 1.36. The lowest BCUT2D eigenvalue weighted by Gasteiger charge is -1.95. The normalized spacial score (nSPS) is 8.92. The minimum atomic E-state index is -0.166. The van der Waals surface area contributed by atoms with Gasteiger partial charge in [0.05, 0.1) is 0 Å². The molecule has 0 saturated carbocycles. The van der Waals surface area contributed by atoms with Crippen molar-refractivity contribution in [1.29, 1.82) is 0 Å². The molecule has 0 unspecified atom stereocenters. The summed E-state index contributed by atoms with van der Waals surface area (Å²) in [5.74, 6) is 0.867. The molecule has 0 spiro atoms. The highest BCUT2D eigenvalue weighted by Crippen LogP contribution is 2.16. The molecule has 0 fully saturated rings. The summed E-state index contributed by atoms with van der Waals surface area (Å²) in [6.07, 6.45) is 1.25. The van der Waals surface area contributed by atoms with Crippen molar-refractivity contribution in [3.05, 3.63) is 30.1 Å². The van der Waals surface area contributed by atoms with Gasteiger partial charge >= 0.3 is 0 Å². The summed E-state index contributed by atoms with van der Waals surface area (Å²) in [5, 5.41) is 0. The zero-order valence-electron chi connectivity index (χ0n) is 8.51. The fourth-order valence-electron chi connectivity index (χ4n) is 0.697. The summed E-state index contributed by atoms with van der Waals surface area (Å²) in [6, 6.07) is 6.56. The smallest absolute Gasteiger partial charge is 0.123 e. The Morgan fingerprint density at radius 3 is 1.92 bits per heavy atom. The average Bonchev–Trinajstić information content (AvgIpc) is 2.11. The second-order valence-corrected chi connectivity index (χ2v) is 3.93. The van der Waals surface area contributed by atoms with E-state index in [9.17, 15) is 4.39 Å². The fraction of sp³-hybridized carbons (Fsp3) is 0.455. The predicted molar refractivity (Wildman–Crippen MR) is 58.8 cm³/mol. The second-order valence-electron chi connectivity index (χ2n) is 2.59. The summed E-state index contributed by atoms with van der Waals surface area (Å²) >= 11 is 1.72. The molecule has 1 rings (SSSR count). The van der Waals surface area contributed by atoms with E-state index in [-0.39, 0.29) is 5.82 Å². The van der Waals surface area contributed by atoms with Crippen molar-refractivity contribution in [2.24, 2.45) is 0 Å². The highest BCUT2D eigenvalue weighted by atomic mass is 32.2. The SMILES string of the molecule is CCC.CCSc1ccc(F)cc1. The minimum absolute atomic E-state index is 0.166. The Kier molecular flexibility index (Phi) is 7.80. The van der Waals surface area contributed by atoms with Gasteiger partial charge in [-0.3, -0.25) is 0 Å². The van der Waals surface area contributed by atoms with Crippen LogP contribution in [0.25, 0.3) is 0 Å². The molecule has 0 aliphatic carbocycles. The van der Waals surface area contributed by atoms with Crippen LogP contribution in [0.15, 0.2) is 29.2 Å². The molecule has 0 nitrogen and oxygen atoms in total. The Labute approximate surface area is 84.6 Å². The van der Waals surface area contributed by atoms with E-state index >= 15 is 0 Å². The van der Waals surface area contributed by atoms with Gasteiger partial charge in [0.1, 0.15) is 5.82 Å². The average molecular weight is 200 g/mol. The van der Waals surface area contributed by atoms with Crippen LogP contribution < -0.4 is 0 Å². The zero-order valence-corrected chi connectivity index (χ0v) is 9.33. The van der Waals surface area contributed by atoms with Gasteiger partial charge in [-0.05, 0) is 30.0 Å². The molecular formula is C11H17FS. The molecule has 1 aromatic rings. The summed E-state index contributed by atoms with van der Waals surface area (Å²) in [4.78, 5) is 1.13. The lowest BCUT2D eigenvalue weighted by molar-refractivity contribution is 0.626. The standard InChI is InChI=1S/C8H9FS.C3H8/c1-2-10-8-5-3-7(9)4-6-8;1-3-2/h3-6H,2H2,1H3;3H2,1-2H3. The Bertz CT molecular complexity index is 206. The van der Waals surface area contributed by atoms with Crippen molar-refractivity contribution in [2.45, 2.75) is 32.1 Å². The number of thioether (sulfide) groups is 1. The molecule has 0 heterocycles. The van der Waals surface area contributed by atoms with Gasteiger partial charge in [-0.15, -0.1) is 11.8 Å². The summed E-state index contributed by atoms with van der Waals surface area (Å²) in [5.41, 5.74) is 0. The Balaban J connectivity index is 0.000000424. The van der Waals surface area contributed by atoms with Crippen molar-refractivity contribution in [1.82, 2.24) is 0 Å². The lowest BCUT2D eigenvalue weighted by Crippen LogP contribution is -1.74. The molecule has 74 valence electrons. The van der Waals surface area contributed by atoms with E-state index in [1.54, 1.807) is 23.9 Å². The number of halogens is 1. The quantitative estimate of drug-likeness (QED) is 0.639. The molecule has 0 aliphatic heterocycles. The molecule has 1 aromatic carbocycles. The largest absolute Gasteiger partial charge is 0.207 e. The molecular weight excluding hydrogens is 183 g/mol. The third-order valence-electron chi connectivity index (χ3n) is 1.12. The third kappa shape index (κ3) is 6.64. The van der Waals surface area contributed by atoms with Crippen LogP contribution in [0.5, 0.6) is 0 Å². The van der Waals surface area contributed by atoms with Crippen molar-refractivity contribution in [2.75, 3.05) is 5.75 Å². The molecule has 0 saturated heterocycles. The number of hydrogen-bond donors (Lipinski definition) is 0. The first-order valence-corrected chi connectivity index (χ1v) is 5.61. The number of benzene rings is 1. The first-order valence-electron chi connectivity index (χ1n) is 4.62. The van der Waals surface area contributed by atoms with Gasteiger partial charge in [-0.2, -0.15) is 0 Å². The molecule has 2 heteroatoms. The van der Waals surface area contributed by atoms with Gasteiger partial charge in [0, 0.05) is 4.90 Å². The van der Waals surface area contributed by atoms with Crippen molar-refractivity contribution >= 4 is 11.8 Å². The summed E-state index contributed by atoms with van der Waals surface area (Å²) in [6.45, 7) is 6.33. The second kappa shape index (κ2) is 8.11. The predicted octanol–water partition coefficient (Wildman–Crippen LogP) is 4.35. The molecule has 0 amide bonds. The lowest BCUT2D eigenvalue weighted by atomic mass is 10.4. The van der Waals surface area contributed by atoms with Gasteiger partial charge in [0.2, 0.25) is 0 Å². The van der Waals surface area contributed by atoms with E-state index in [1.807, 2.05) is 0 Å². The number of rotatable bonds is 2. The maximum absolute atomic E-state index is 12.3. The van der Waals surface area contributed by atoms with Crippen LogP contribution in [0.4, 0.5) is 4.39 Å².